The van der Waals surface area contributed by atoms with E-state index in [0.29, 0.717) is 34.0 Å². The van der Waals surface area contributed by atoms with Crippen LogP contribution in [-0.2, 0) is 5.67 Å². The van der Waals surface area contributed by atoms with Crippen LogP contribution in [0.2, 0.25) is 0 Å². The molecule has 2 fully saturated rings. The second-order valence-corrected chi connectivity index (χ2v) is 9.03. The van der Waals surface area contributed by atoms with E-state index in [0.717, 1.165) is 35.4 Å². The smallest absolute Gasteiger partial charge is 0.254 e. The molecule has 5 rings (SSSR count). The summed E-state index contributed by atoms with van der Waals surface area (Å²) >= 11 is 0. The first kappa shape index (κ1) is 20.9. The van der Waals surface area contributed by atoms with Crippen LogP contribution in [0.15, 0.2) is 36.4 Å². The number of nitriles is 2. The zero-order valence-electron chi connectivity index (χ0n) is 18.4. The Balaban J connectivity index is 1.42. The fourth-order valence-electron chi connectivity index (χ4n) is 4.47. The second kappa shape index (κ2) is 7.56. The molecule has 1 saturated heterocycles. The van der Waals surface area contributed by atoms with Crippen molar-refractivity contribution in [2.24, 2.45) is 0 Å². The Kier molecular flexibility index (Phi) is 4.79. The number of aromatic amines is 1. The lowest BCUT2D eigenvalue weighted by Gasteiger charge is -2.45. The van der Waals surface area contributed by atoms with Crippen molar-refractivity contribution in [3.63, 3.8) is 0 Å². The summed E-state index contributed by atoms with van der Waals surface area (Å²) < 4.78 is 15.4. The van der Waals surface area contributed by atoms with Crippen LogP contribution in [0.25, 0.3) is 11.3 Å². The minimum absolute atomic E-state index is 0.0419. The van der Waals surface area contributed by atoms with E-state index in [1.807, 2.05) is 26.0 Å². The van der Waals surface area contributed by atoms with Crippen molar-refractivity contribution in [3.8, 4) is 23.4 Å². The molecule has 1 N–H and O–H groups in total. The second-order valence-electron chi connectivity index (χ2n) is 9.03. The first-order chi connectivity index (χ1) is 15.8. The van der Waals surface area contributed by atoms with Gasteiger partial charge in [0.15, 0.2) is 11.4 Å². The molecular formula is C26H22FN5O. The number of amides is 1. The van der Waals surface area contributed by atoms with Gasteiger partial charge in [-0.1, -0.05) is 18.2 Å². The number of hydrogen-bond acceptors (Lipinski definition) is 4. The molecule has 1 aliphatic heterocycles. The molecule has 2 aromatic carbocycles. The first-order valence-corrected chi connectivity index (χ1v) is 10.9. The highest BCUT2D eigenvalue weighted by Gasteiger charge is 2.47. The van der Waals surface area contributed by atoms with Crippen molar-refractivity contribution in [1.82, 2.24) is 14.9 Å². The summed E-state index contributed by atoms with van der Waals surface area (Å²) in [5, 5.41) is 18.5. The van der Waals surface area contributed by atoms with Crippen LogP contribution in [0.1, 0.15) is 62.9 Å². The fourth-order valence-corrected chi connectivity index (χ4v) is 4.47. The van der Waals surface area contributed by atoms with Gasteiger partial charge in [0.25, 0.3) is 5.91 Å². The molecular weight excluding hydrogens is 417 g/mol. The molecule has 1 amide bonds. The molecule has 6 nitrogen and oxygen atoms in total. The number of benzene rings is 2. The van der Waals surface area contributed by atoms with E-state index in [1.54, 1.807) is 30.3 Å². The van der Waals surface area contributed by atoms with Gasteiger partial charge in [-0.3, -0.25) is 4.79 Å². The summed E-state index contributed by atoms with van der Waals surface area (Å²) in [6.07, 6.45) is 2.13. The van der Waals surface area contributed by atoms with Crippen molar-refractivity contribution in [2.75, 3.05) is 13.1 Å². The molecule has 0 spiro atoms. The number of imidazole rings is 1. The lowest BCUT2D eigenvalue weighted by Crippen LogP contribution is -2.58. The summed E-state index contributed by atoms with van der Waals surface area (Å²) in [5.41, 5.74) is 3.27. The van der Waals surface area contributed by atoms with Gasteiger partial charge < -0.3 is 9.88 Å². The summed E-state index contributed by atoms with van der Waals surface area (Å²) in [5.74, 6) is 0.955. The third-order valence-electron chi connectivity index (χ3n) is 6.56. The Bertz CT molecular complexity index is 1350. The third kappa shape index (κ3) is 3.56. The Morgan fingerprint density at radius 2 is 1.82 bits per heavy atom. The molecule has 164 valence electrons. The highest BCUT2D eigenvalue weighted by molar-refractivity contribution is 5.98. The Labute approximate surface area is 191 Å². The molecule has 2 aliphatic rings. The highest BCUT2D eigenvalue weighted by Crippen LogP contribution is 2.41. The zero-order valence-corrected chi connectivity index (χ0v) is 18.4. The molecule has 1 aromatic heterocycles. The molecule has 3 aromatic rings. The number of carbonyl (C=O) groups excluding carboxylic acids is 1. The van der Waals surface area contributed by atoms with E-state index in [9.17, 15) is 10.1 Å². The van der Waals surface area contributed by atoms with Gasteiger partial charge in [0.2, 0.25) is 0 Å². The molecule has 0 bridgehead atoms. The average Bonchev–Trinajstić information content (AvgIpc) is 3.56. The van der Waals surface area contributed by atoms with E-state index in [1.165, 1.54) is 4.90 Å². The van der Waals surface area contributed by atoms with Crippen LogP contribution in [0.3, 0.4) is 0 Å². The Morgan fingerprint density at radius 3 is 2.42 bits per heavy atom. The van der Waals surface area contributed by atoms with Gasteiger partial charge in [0.1, 0.15) is 11.9 Å². The van der Waals surface area contributed by atoms with Crippen LogP contribution < -0.4 is 0 Å². The van der Waals surface area contributed by atoms with Gasteiger partial charge in [-0.15, -0.1) is 0 Å². The van der Waals surface area contributed by atoms with E-state index in [-0.39, 0.29) is 19.0 Å². The molecule has 2 heterocycles. The predicted octanol–water partition coefficient (Wildman–Crippen LogP) is 4.64. The van der Waals surface area contributed by atoms with Crippen LogP contribution in [0, 0.1) is 36.5 Å². The number of nitrogens with one attached hydrogen (secondary N) is 1. The van der Waals surface area contributed by atoms with E-state index >= 15 is 4.39 Å². The number of aromatic nitrogens is 2. The number of H-pyrrole nitrogens is 1. The van der Waals surface area contributed by atoms with Gasteiger partial charge in [0.05, 0.1) is 30.4 Å². The summed E-state index contributed by atoms with van der Waals surface area (Å²) in [7, 11) is 0. The largest absolute Gasteiger partial charge is 0.341 e. The van der Waals surface area contributed by atoms with Crippen LogP contribution >= 0.6 is 0 Å². The van der Waals surface area contributed by atoms with Crippen LogP contribution in [0.5, 0.6) is 0 Å². The Morgan fingerprint density at radius 1 is 1.12 bits per heavy atom. The molecule has 0 atom stereocenters. The number of aryl methyl sites for hydroxylation is 2. The third-order valence-corrected chi connectivity index (χ3v) is 6.56. The summed E-state index contributed by atoms with van der Waals surface area (Å²) in [6.45, 7) is 3.72. The van der Waals surface area contributed by atoms with Gasteiger partial charge in [-0.05, 0) is 61.6 Å². The van der Waals surface area contributed by atoms with Gasteiger partial charge in [0, 0.05) is 17.0 Å². The maximum absolute atomic E-state index is 15.4. The number of halogens is 1. The molecule has 7 heteroatoms. The van der Waals surface area contributed by atoms with Gasteiger partial charge in [-0.2, -0.15) is 10.5 Å². The van der Waals surface area contributed by atoms with Crippen LogP contribution in [0.4, 0.5) is 4.39 Å². The monoisotopic (exact) mass is 439 g/mol. The van der Waals surface area contributed by atoms with Crippen molar-refractivity contribution < 1.29 is 9.18 Å². The van der Waals surface area contributed by atoms with Crippen molar-refractivity contribution >= 4 is 5.91 Å². The average molecular weight is 439 g/mol. The minimum Gasteiger partial charge on any atom is -0.341 e. The highest BCUT2D eigenvalue weighted by atomic mass is 19.1. The molecule has 1 aliphatic carbocycles. The Hall–Kier alpha value is -3.97. The molecule has 0 radical (unpaired) electrons. The van der Waals surface area contributed by atoms with E-state index < -0.39 is 5.67 Å². The number of likely N-dealkylation sites (tertiary alicyclic amines) is 1. The number of alkyl halides is 1. The maximum Gasteiger partial charge on any atom is 0.254 e. The molecule has 33 heavy (non-hydrogen) atoms. The normalized spacial score (nSPS) is 16.6. The van der Waals surface area contributed by atoms with Crippen molar-refractivity contribution in [3.05, 3.63) is 75.7 Å². The lowest BCUT2D eigenvalue weighted by atomic mass is 9.86. The summed E-state index contributed by atoms with van der Waals surface area (Å²) in [6, 6.07) is 14.3. The number of rotatable bonds is 4. The van der Waals surface area contributed by atoms with E-state index in [4.69, 9.17) is 5.26 Å². The maximum atomic E-state index is 15.4. The number of carbonyl (C=O) groups is 1. The zero-order chi connectivity index (χ0) is 23.3. The fraction of sp³-hybridized carbons (Fsp3) is 0.308. The SMILES string of the molecule is Cc1cc(C)c(-c2[nH]c(C3CC3)nc2C#N)cc1C(=O)N1CC(F)(c2ccc(C#N)cc2)C1. The van der Waals surface area contributed by atoms with Crippen molar-refractivity contribution in [1.29, 1.82) is 10.5 Å². The molecule has 1 saturated carbocycles. The van der Waals surface area contributed by atoms with Gasteiger partial charge in [-0.25, -0.2) is 9.37 Å². The lowest BCUT2D eigenvalue weighted by molar-refractivity contribution is -0.0231. The first-order valence-electron chi connectivity index (χ1n) is 10.9. The predicted molar refractivity (Wildman–Crippen MR) is 120 cm³/mol. The van der Waals surface area contributed by atoms with Crippen molar-refractivity contribution in [2.45, 2.75) is 38.3 Å². The topological polar surface area (TPSA) is 96.6 Å². The van der Waals surface area contributed by atoms with E-state index in [2.05, 4.69) is 16.0 Å². The number of hydrogen-bond donors (Lipinski definition) is 1. The summed E-state index contributed by atoms with van der Waals surface area (Å²) in [4.78, 5) is 22.5. The van der Waals surface area contributed by atoms with Crippen LogP contribution in [-0.4, -0.2) is 33.9 Å². The number of nitrogens with zero attached hydrogens (tertiary/aromatic N) is 4. The standard InChI is InChI=1S/C26H22FN5O/c1-15-9-16(2)21(10-20(15)23-22(12-29)30-24(31-23)18-5-6-18)25(33)32-13-26(27,14-32)19-7-3-17(11-28)4-8-19/h3-4,7-10,18H,5-6,13-14H2,1-2H3,(H,30,31). The molecule has 0 unspecified atom stereocenters. The quantitative estimate of drug-likeness (QED) is 0.641. The minimum atomic E-state index is -1.62. The van der Waals surface area contributed by atoms with Gasteiger partial charge >= 0.3 is 0 Å².